The molecule has 0 spiro atoms. The summed E-state index contributed by atoms with van der Waals surface area (Å²) < 4.78 is 0. The number of aromatic hydroxyl groups is 1. The van der Waals surface area contributed by atoms with Gasteiger partial charge in [0.15, 0.2) is 0 Å². The summed E-state index contributed by atoms with van der Waals surface area (Å²) in [5.41, 5.74) is 22.9. The van der Waals surface area contributed by atoms with Crippen molar-refractivity contribution in [1.29, 1.82) is 0 Å². The fourth-order valence-electron chi connectivity index (χ4n) is 9.44. The zero-order valence-corrected chi connectivity index (χ0v) is 48.7. The summed E-state index contributed by atoms with van der Waals surface area (Å²) in [4.78, 5) is 188. The highest BCUT2D eigenvalue weighted by atomic mass is 16.4. The number of hydrogen-bond donors (Lipinski definition) is 15. The molecule has 31 nitrogen and oxygen atoms in total. The van der Waals surface area contributed by atoms with Crippen LogP contribution in [0.3, 0.4) is 0 Å². The molecule has 2 fully saturated rings. The maximum Gasteiger partial charge on any atom is 0.326 e. The number of nitrogens with zero attached hydrogens (tertiary/aromatic N) is 2. The summed E-state index contributed by atoms with van der Waals surface area (Å²) in [5.74, 6) is -14.8. The predicted octanol–water partition coefficient (Wildman–Crippen LogP) is -5.40. The van der Waals surface area contributed by atoms with Gasteiger partial charge in [0.05, 0.1) is 25.6 Å². The third-order valence-corrected chi connectivity index (χ3v) is 14.6. The van der Waals surface area contributed by atoms with E-state index in [4.69, 9.17) is 22.9 Å². The molecule has 31 heteroatoms. The van der Waals surface area contributed by atoms with E-state index in [1.807, 2.05) is 6.92 Å². The number of carboxylic acid groups (broad SMARTS) is 1. The minimum atomic E-state index is -1.89. The first-order valence-corrected chi connectivity index (χ1v) is 28.1. The van der Waals surface area contributed by atoms with Crippen LogP contribution in [-0.4, -0.2) is 195 Å². The molecule has 11 atom stereocenters. The average molecular weight is 1200 g/mol. The van der Waals surface area contributed by atoms with Gasteiger partial charge in [0.25, 0.3) is 0 Å². The first-order valence-electron chi connectivity index (χ1n) is 28.1. The van der Waals surface area contributed by atoms with Crippen LogP contribution in [0.1, 0.15) is 111 Å². The maximum absolute atomic E-state index is 14.4. The fourth-order valence-corrected chi connectivity index (χ4v) is 9.44. The van der Waals surface area contributed by atoms with Gasteiger partial charge in [-0.1, -0.05) is 60.1 Å². The lowest BCUT2D eigenvalue weighted by atomic mass is 9.98. The van der Waals surface area contributed by atoms with Crippen LogP contribution < -0.4 is 65.5 Å². The Labute approximate surface area is 491 Å². The molecule has 472 valence electrons. The number of aliphatic hydroxyl groups excluding tert-OH is 1. The van der Waals surface area contributed by atoms with Crippen LogP contribution in [0.15, 0.2) is 24.3 Å². The van der Waals surface area contributed by atoms with Crippen molar-refractivity contribution < 1.29 is 82.4 Å². The van der Waals surface area contributed by atoms with Crippen molar-refractivity contribution in [2.45, 2.75) is 173 Å². The Hall–Kier alpha value is -8.48. The van der Waals surface area contributed by atoms with E-state index in [0.717, 1.165) is 4.90 Å². The third-order valence-electron chi connectivity index (χ3n) is 14.6. The molecule has 13 amide bonds. The maximum atomic E-state index is 14.4. The van der Waals surface area contributed by atoms with Gasteiger partial charge >= 0.3 is 5.97 Å². The van der Waals surface area contributed by atoms with Crippen LogP contribution in [0.25, 0.3) is 0 Å². The molecular weight excluding hydrogens is 1120 g/mol. The largest absolute Gasteiger partial charge is 0.508 e. The highest BCUT2D eigenvalue weighted by Crippen LogP contribution is 2.23. The number of aliphatic hydroxyl groups is 1. The lowest BCUT2D eigenvalue weighted by Gasteiger charge is -2.31. The highest BCUT2D eigenvalue weighted by Gasteiger charge is 2.43. The minimum Gasteiger partial charge on any atom is -0.508 e. The van der Waals surface area contributed by atoms with Gasteiger partial charge < -0.3 is 90.6 Å². The Balaban J connectivity index is 1.81. The summed E-state index contributed by atoms with van der Waals surface area (Å²) >= 11 is 0. The quantitative estimate of drug-likeness (QED) is 0.0306. The van der Waals surface area contributed by atoms with Gasteiger partial charge in [0, 0.05) is 32.4 Å². The summed E-state index contributed by atoms with van der Waals surface area (Å²) in [5, 5.41) is 48.8. The first-order chi connectivity index (χ1) is 39.9. The first kappa shape index (κ1) is 70.8. The van der Waals surface area contributed by atoms with E-state index in [-0.39, 0.29) is 50.4 Å². The monoisotopic (exact) mass is 1200 g/mol. The standard InChI is InChI=1S/C54H84N14O17/c1-7-28(6)42(58)53(83)68-21-9-11-37(68)50(80)62-33(22-29-12-14-30(70)15-13-29)47(77)63-34(23-40(57)73)52(82)67-20-8-10-36(67)49(79)61-32(17-19-39(56)72)46(76)64-35(25-69)48(78)60-31(16-18-38(55)71)45(75)59-24-41(74)65-43(26(2)3)51(81)66-44(27(4)5)54(84)85/h12-15,26-28,31-37,42-44,69-70H,7-11,16-25,58H2,1-6H3,(H2,55,71)(H2,56,72)(H2,57,73)(H,59,75)(H,60,78)(H,61,79)(H,62,80)(H,63,77)(H,64,76)(H,65,74)(H,66,81)(H,84,85)/t28-,31-,32-,33-,34-,35-,36-,37-,42-,43-,44-/m0/s1. The number of amides is 13. The Morgan fingerprint density at radius 3 is 1.53 bits per heavy atom. The third kappa shape index (κ3) is 21.9. The number of aliphatic carboxylic acids is 1. The van der Waals surface area contributed by atoms with Gasteiger partial charge in [0.1, 0.15) is 60.1 Å². The molecule has 2 aliphatic heterocycles. The van der Waals surface area contributed by atoms with Crippen LogP contribution in [0.5, 0.6) is 5.75 Å². The van der Waals surface area contributed by atoms with E-state index in [1.54, 1.807) is 34.6 Å². The zero-order chi connectivity index (χ0) is 64.0. The van der Waals surface area contributed by atoms with Crippen molar-refractivity contribution in [2.75, 3.05) is 26.2 Å². The summed E-state index contributed by atoms with van der Waals surface area (Å²) in [6, 6.07) is -8.60. The number of phenolic OH excluding ortho intramolecular Hbond substituents is 1. The van der Waals surface area contributed by atoms with Gasteiger partial charge in [-0.15, -0.1) is 0 Å². The average Bonchev–Trinajstić information content (AvgIpc) is 3.90. The van der Waals surface area contributed by atoms with Crippen molar-refractivity contribution >= 4 is 82.8 Å². The van der Waals surface area contributed by atoms with E-state index in [0.29, 0.717) is 18.4 Å². The number of likely N-dealkylation sites (tertiary alicyclic amines) is 2. The molecule has 2 aliphatic rings. The van der Waals surface area contributed by atoms with Gasteiger partial charge in [-0.05, 0) is 74.0 Å². The Bertz CT molecular complexity index is 2600. The topological polar surface area (TPSA) is 506 Å². The van der Waals surface area contributed by atoms with Crippen molar-refractivity contribution in [1.82, 2.24) is 52.3 Å². The number of rotatable bonds is 34. The van der Waals surface area contributed by atoms with E-state index in [1.165, 1.54) is 29.2 Å². The number of carbonyl (C=O) groups excluding carboxylic acids is 13. The number of nitrogens with one attached hydrogen (secondary N) is 8. The molecule has 2 saturated heterocycles. The van der Waals surface area contributed by atoms with Crippen LogP contribution in [0, 0.1) is 17.8 Å². The molecule has 2 heterocycles. The predicted molar refractivity (Wildman–Crippen MR) is 300 cm³/mol. The van der Waals surface area contributed by atoms with Crippen LogP contribution in [0.2, 0.25) is 0 Å². The summed E-state index contributed by atoms with van der Waals surface area (Å²) in [6.07, 6.45) is -1.53. The molecule has 0 radical (unpaired) electrons. The summed E-state index contributed by atoms with van der Waals surface area (Å²) in [7, 11) is 0. The van der Waals surface area contributed by atoms with Gasteiger partial charge in [-0.25, -0.2) is 4.79 Å². The molecule has 0 aromatic heterocycles. The molecule has 1 aromatic rings. The van der Waals surface area contributed by atoms with Crippen molar-refractivity contribution in [3.05, 3.63) is 29.8 Å². The normalized spacial score (nSPS) is 18.0. The van der Waals surface area contributed by atoms with Gasteiger partial charge in [0.2, 0.25) is 76.8 Å². The second-order valence-corrected chi connectivity index (χ2v) is 21.9. The fraction of sp³-hybridized carbons (Fsp3) is 0.630. The van der Waals surface area contributed by atoms with Crippen LogP contribution in [-0.2, 0) is 73.5 Å². The van der Waals surface area contributed by atoms with E-state index >= 15 is 0 Å². The number of primary amides is 3. The molecular formula is C54H84N14O17. The zero-order valence-electron chi connectivity index (χ0n) is 48.7. The lowest BCUT2D eigenvalue weighted by molar-refractivity contribution is -0.144. The number of benzene rings is 1. The Morgan fingerprint density at radius 2 is 1.05 bits per heavy atom. The Morgan fingerprint density at radius 1 is 0.576 bits per heavy atom. The molecule has 19 N–H and O–H groups in total. The number of carboxylic acids is 1. The molecule has 0 saturated carbocycles. The Kier molecular flexibility index (Phi) is 28.1. The number of nitrogens with two attached hydrogens (primary N) is 4. The number of hydrogen-bond acceptors (Lipinski definition) is 17. The van der Waals surface area contributed by atoms with E-state index < -0.39 is 200 Å². The SMILES string of the molecule is CC[C@H](C)[C@H](N)C(=O)N1CCC[C@H]1C(=O)N[C@@H](Cc1ccc(O)cc1)C(=O)N[C@@H](CC(N)=O)C(=O)N1CCC[C@H]1C(=O)N[C@@H](CCC(N)=O)C(=O)N[C@@H](CO)C(=O)N[C@@H](CCC(N)=O)C(=O)NCC(=O)N[C@H](C(=O)N[C@H](C(=O)O)C(C)C)C(C)C. The van der Waals surface area contributed by atoms with Crippen LogP contribution >= 0.6 is 0 Å². The molecule has 0 aliphatic carbocycles. The molecule has 0 unspecified atom stereocenters. The van der Waals surface area contributed by atoms with Gasteiger partial charge in [-0.2, -0.15) is 0 Å². The number of carbonyl (C=O) groups is 14. The second-order valence-electron chi connectivity index (χ2n) is 21.9. The molecule has 3 rings (SSSR count). The van der Waals surface area contributed by atoms with Crippen molar-refractivity contribution in [3.8, 4) is 5.75 Å². The van der Waals surface area contributed by atoms with Crippen molar-refractivity contribution in [2.24, 2.45) is 40.7 Å². The van der Waals surface area contributed by atoms with Crippen molar-refractivity contribution in [3.63, 3.8) is 0 Å². The van der Waals surface area contributed by atoms with Crippen LogP contribution in [0.4, 0.5) is 0 Å². The molecule has 1 aromatic carbocycles. The smallest absolute Gasteiger partial charge is 0.326 e. The number of phenols is 1. The minimum absolute atomic E-state index is 0.0347. The highest BCUT2D eigenvalue weighted by molar-refractivity contribution is 6.00. The summed E-state index contributed by atoms with van der Waals surface area (Å²) in [6.45, 7) is 8.13. The molecule has 0 bridgehead atoms. The van der Waals surface area contributed by atoms with Gasteiger partial charge in [-0.3, -0.25) is 62.3 Å². The van der Waals surface area contributed by atoms with E-state index in [9.17, 15) is 82.4 Å². The lowest BCUT2D eigenvalue weighted by Crippen LogP contribution is -2.61. The molecule has 85 heavy (non-hydrogen) atoms. The van der Waals surface area contributed by atoms with E-state index in [2.05, 4.69) is 42.5 Å². The second kappa shape index (κ2) is 33.7.